The van der Waals surface area contributed by atoms with Crippen LogP contribution in [0.15, 0.2) is 36.7 Å². The van der Waals surface area contributed by atoms with Crippen molar-refractivity contribution in [1.82, 2.24) is 9.66 Å². The van der Waals surface area contributed by atoms with Gasteiger partial charge in [0.2, 0.25) is 0 Å². The Bertz CT molecular complexity index is 430. The average Bonchev–Trinajstić information content (AvgIpc) is 2.69. The molecule has 0 saturated carbocycles. The molecule has 0 bridgehead atoms. The Kier molecular flexibility index (Phi) is 2.58. The Hall–Kier alpha value is -1.97. The highest BCUT2D eigenvalue weighted by Crippen LogP contribution is 2.11. The van der Waals surface area contributed by atoms with Crippen LogP contribution in [0.4, 0.5) is 11.4 Å². The quantitative estimate of drug-likeness (QED) is 0.747. The first-order chi connectivity index (χ1) is 7.29. The van der Waals surface area contributed by atoms with Crippen molar-refractivity contribution in [2.75, 3.05) is 11.2 Å². The standard InChI is InChI=1S/C11H14N4/c1-2-11-13-7-8-15(11)14-10-5-3-9(12)4-6-10/h3-8,14H,2,12H2,1H3. The third-order valence-corrected chi connectivity index (χ3v) is 2.19. The molecule has 15 heavy (non-hydrogen) atoms. The van der Waals surface area contributed by atoms with Crippen molar-refractivity contribution in [2.45, 2.75) is 13.3 Å². The molecule has 0 amide bonds. The maximum atomic E-state index is 5.61. The summed E-state index contributed by atoms with van der Waals surface area (Å²) in [5.41, 5.74) is 10.6. The van der Waals surface area contributed by atoms with E-state index in [4.69, 9.17) is 5.73 Å². The molecule has 0 aliphatic rings. The Morgan fingerprint density at radius 1 is 1.33 bits per heavy atom. The second kappa shape index (κ2) is 4.04. The summed E-state index contributed by atoms with van der Waals surface area (Å²) in [4.78, 5) is 4.22. The first-order valence-electron chi connectivity index (χ1n) is 4.94. The fourth-order valence-electron chi connectivity index (χ4n) is 1.39. The molecule has 0 saturated heterocycles. The van der Waals surface area contributed by atoms with E-state index in [1.165, 1.54) is 0 Å². The summed E-state index contributed by atoms with van der Waals surface area (Å²) in [5, 5.41) is 0. The number of hydrogen-bond donors (Lipinski definition) is 2. The van der Waals surface area contributed by atoms with E-state index in [2.05, 4.69) is 17.3 Å². The van der Waals surface area contributed by atoms with E-state index in [0.717, 1.165) is 23.6 Å². The highest BCUT2D eigenvalue weighted by molar-refractivity contribution is 5.51. The summed E-state index contributed by atoms with van der Waals surface area (Å²) in [6, 6.07) is 7.61. The molecule has 0 fully saturated rings. The van der Waals surface area contributed by atoms with E-state index in [1.807, 2.05) is 35.1 Å². The molecule has 78 valence electrons. The minimum Gasteiger partial charge on any atom is -0.399 e. The molecule has 1 aromatic heterocycles. The van der Waals surface area contributed by atoms with Crippen molar-refractivity contribution in [3.63, 3.8) is 0 Å². The first-order valence-corrected chi connectivity index (χ1v) is 4.94. The third kappa shape index (κ3) is 2.10. The van der Waals surface area contributed by atoms with Crippen LogP contribution in [0.1, 0.15) is 12.7 Å². The normalized spacial score (nSPS) is 10.2. The molecule has 4 heteroatoms. The third-order valence-electron chi connectivity index (χ3n) is 2.19. The van der Waals surface area contributed by atoms with Gasteiger partial charge in [-0.2, -0.15) is 0 Å². The molecule has 2 rings (SSSR count). The second-order valence-electron chi connectivity index (χ2n) is 3.30. The number of aromatic nitrogens is 2. The summed E-state index contributed by atoms with van der Waals surface area (Å²) < 4.78 is 1.91. The summed E-state index contributed by atoms with van der Waals surface area (Å²) >= 11 is 0. The fourth-order valence-corrected chi connectivity index (χ4v) is 1.39. The van der Waals surface area contributed by atoms with E-state index in [-0.39, 0.29) is 0 Å². The number of imidazole rings is 1. The molecule has 4 nitrogen and oxygen atoms in total. The van der Waals surface area contributed by atoms with Crippen molar-refractivity contribution >= 4 is 11.4 Å². The van der Waals surface area contributed by atoms with Gasteiger partial charge in [-0.3, -0.25) is 5.43 Å². The number of nitrogens with two attached hydrogens (primary N) is 1. The van der Waals surface area contributed by atoms with Crippen LogP contribution in [-0.2, 0) is 6.42 Å². The highest BCUT2D eigenvalue weighted by atomic mass is 15.4. The minimum atomic E-state index is 0.766. The van der Waals surface area contributed by atoms with Gasteiger partial charge in [-0.05, 0) is 24.3 Å². The number of aryl methyl sites for hydroxylation is 1. The van der Waals surface area contributed by atoms with Gasteiger partial charge in [-0.25, -0.2) is 9.66 Å². The van der Waals surface area contributed by atoms with Gasteiger partial charge in [-0.15, -0.1) is 0 Å². The van der Waals surface area contributed by atoms with Crippen LogP contribution >= 0.6 is 0 Å². The number of anilines is 2. The molecule has 2 aromatic rings. The molecule has 1 aromatic carbocycles. The number of hydrogen-bond acceptors (Lipinski definition) is 3. The number of nitrogens with zero attached hydrogens (tertiary/aromatic N) is 2. The summed E-state index contributed by atoms with van der Waals surface area (Å²) in [6.45, 7) is 2.07. The van der Waals surface area contributed by atoms with Crippen molar-refractivity contribution in [1.29, 1.82) is 0 Å². The predicted octanol–water partition coefficient (Wildman–Crippen LogP) is 1.90. The van der Waals surface area contributed by atoms with Crippen LogP contribution in [0.2, 0.25) is 0 Å². The number of nitrogens with one attached hydrogen (secondary N) is 1. The van der Waals surface area contributed by atoms with Crippen molar-refractivity contribution in [3.8, 4) is 0 Å². The maximum absolute atomic E-state index is 5.61. The lowest BCUT2D eigenvalue weighted by atomic mass is 10.3. The maximum Gasteiger partial charge on any atom is 0.127 e. The molecular weight excluding hydrogens is 188 g/mol. The lowest BCUT2D eigenvalue weighted by Crippen LogP contribution is -2.11. The molecule has 0 radical (unpaired) electrons. The topological polar surface area (TPSA) is 55.9 Å². The number of nitrogen functional groups attached to an aromatic ring is 1. The Labute approximate surface area is 88.7 Å². The van der Waals surface area contributed by atoms with E-state index in [0.29, 0.717) is 0 Å². The van der Waals surface area contributed by atoms with Gasteiger partial charge < -0.3 is 5.73 Å². The van der Waals surface area contributed by atoms with Gasteiger partial charge >= 0.3 is 0 Å². The molecular formula is C11H14N4. The first kappa shape index (κ1) is 9.58. The van der Waals surface area contributed by atoms with Crippen LogP contribution in [-0.4, -0.2) is 9.66 Å². The smallest absolute Gasteiger partial charge is 0.127 e. The largest absolute Gasteiger partial charge is 0.399 e. The van der Waals surface area contributed by atoms with Crippen molar-refractivity contribution in [2.24, 2.45) is 0 Å². The van der Waals surface area contributed by atoms with Crippen molar-refractivity contribution < 1.29 is 0 Å². The van der Waals surface area contributed by atoms with Crippen LogP contribution in [0, 0.1) is 0 Å². The SMILES string of the molecule is CCc1nccn1Nc1ccc(N)cc1. The fraction of sp³-hybridized carbons (Fsp3) is 0.182. The Morgan fingerprint density at radius 3 is 2.73 bits per heavy atom. The van der Waals surface area contributed by atoms with Gasteiger partial charge in [-0.1, -0.05) is 6.92 Å². The zero-order valence-corrected chi connectivity index (χ0v) is 8.64. The van der Waals surface area contributed by atoms with Crippen LogP contribution in [0.3, 0.4) is 0 Å². The second-order valence-corrected chi connectivity index (χ2v) is 3.30. The molecule has 1 heterocycles. The average molecular weight is 202 g/mol. The molecule has 0 unspecified atom stereocenters. The summed E-state index contributed by atoms with van der Waals surface area (Å²) in [6.07, 6.45) is 4.58. The minimum absolute atomic E-state index is 0.766. The van der Waals surface area contributed by atoms with Gasteiger partial charge in [0.15, 0.2) is 0 Å². The highest BCUT2D eigenvalue weighted by Gasteiger charge is 1.99. The zero-order valence-electron chi connectivity index (χ0n) is 8.64. The van der Waals surface area contributed by atoms with Gasteiger partial charge in [0, 0.05) is 24.5 Å². The van der Waals surface area contributed by atoms with Crippen LogP contribution < -0.4 is 11.2 Å². The van der Waals surface area contributed by atoms with E-state index in [1.54, 1.807) is 6.20 Å². The van der Waals surface area contributed by atoms with Crippen LogP contribution in [0.25, 0.3) is 0 Å². The number of rotatable bonds is 3. The van der Waals surface area contributed by atoms with E-state index in [9.17, 15) is 0 Å². The number of benzene rings is 1. The summed E-state index contributed by atoms with van der Waals surface area (Å²) in [7, 11) is 0. The Balaban J connectivity index is 2.18. The summed E-state index contributed by atoms with van der Waals surface area (Å²) in [5.74, 6) is 1.01. The molecule has 0 spiro atoms. The predicted molar refractivity (Wildman–Crippen MR) is 61.5 cm³/mol. The van der Waals surface area contributed by atoms with Gasteiger partial charge in [0.1, 0.15) is 5.82 Å². The van der Waals surface area contributed by atoms with Gasteiger partial charge in [0.05, 0.1) is 5.69 Å². The van der Waals surface area contributed by atoms with Crippen molar-refractivity contribution in [3.05, 3.63) is 42.5 Å². The van der Waals surface area contributed by atoms with E-state index < -0.39 is 0 Å². The molecule has 0 aliphatic heterocycles. The molecule has 0 atom stereocenters. The zero-order chi connectivity index (χ0) is 10.7. The van der Waals surface area contributed by atoms with E-state index >= 15 is 0 Å². The lowest BCUT2D eigenvalue weighted by molar-refractivity contribution is 0.836. The van der Waals surface area contributed by atoms with Gasteiger partial charge in [0.25, 0.3) is 0 Å². The lowest BCUT2D eigenvalue weighted by Gasteiger charge is -2.09. The molecule has 0 aliphatic carbocycles. The molecule has 3 N–H and O–H groups in total. The monoisotopic (exact) mass is 202 g/mol. The Morgan fingerprint density at radius 2 is 2.07 bits per heavy atom. The van der Waals surface area contributed by atoms with Crippen LogP contribution in [0.5, 0.6) is 0 Å².